The molecule has 0 saturated heterocycles. The molecule has 0 aliphatic carbocycles. The number of phenolic OH excluding ortho intramolecular Hbond substituents is 1. The van der Waals surface area contributed by atoms with Crippen molar-refractivity contribution in [1.82, 2.24) is 0 Å². The molecular weight excluding hydrogens is 338 g/mol. The lowest BCUT2D eigenvalue weighted by atomic mass is 10.2. The zero-order valence-electron chi connectivity index (χ0n) is 13.8. The largest absolute Gasteiger partial charge is 0.508 e. The van der Waals surface area contributed by atoms with E-state index in [1.165, 1.54) is 18.2 Å². The van der Waals surface area contributed by atoms with Crippen molar-refractivity contribution in [3.05, 3.63) is 54.1 Å². The van der Waals surface area contributed by atoms with Crippen molar-refractivity contribution < 1.29 is 19.4 Å². The van der Waals surface area contributed by atoms with E-state index in [9.17, 15) is 14.7 Å². The van der Waals surface area contributed by atoms with Crippen molar-refractivity contribution >= 4 is 29.3 Å². The predicted molar refractivity (Wildman–Crippen MR) is 97.1 cm³/mol. The van der Waals surface area contributed by atoms with Crippen molar-refractivity contribution in [3.63, 3.8) is 0 Å². The molecule has 2 aromatic carbocycles. The third kappa shape index (κ3) is 4.14. The zero-order chi connectivity index (χ0) is 17.8. The summed E-state index contributed by atoms with van der Waals surface area (Å²) in [5.41, 5.74) is 1.07. The second-order valence-electron chi connectivity index (χ2n) is 5.86. The zero-order valence-corrected chi connectivity index (χ0v) is 14.7. The third-order valence-corrected chi connectivity index (χ3v) is 5.19. The minimum atomic E-state index is -0.630. The Morgan fingerprint density at radius 3 is 2.84 bits per heavy atom. The number of benzene rings is 2. The molecule has 6 heteroatoms. The number of phenols is 1. The third-order valence-electron chi connectivity index (χ3n) is 3.95. The highest BCUT2D eigenvalue weighted by Gasteiger charge is 2.25. The lowest BCUT2D eigenvalue weighted by molar-refractivity contribution is -0.121. The fourth-order valence-electron chi connectivity index (χ4n) is 2.67. The Bertz CT molecular complexity index is 792. The maximum Gasteiger partial charge on any atom is 0.338 e. The summed E-state index contributed by atoms with van der Waals surface area (Å²) in [6, 6.07) is 13.6. The number of amides is 1. The molecule has 0 saturated carbocycles. The highest BCUT2D eigenvalue weighted by Crippen LogP contribution is 2.37. The van der Waals surface area contributed by atoms with Crippen LogP contribution in [0.3, 0.4) is 0 Å². The monoisotopic (exact) mass is 357 g/mol. The summed E-state index contributed by atoms with van der Waals surface area (Å²) in [6.45, 7) is 2.40. The minimum absolute atomic E-state index is 0.0202. The first-order valence-electron chi connectivity index (χ1n) is 8.07. The molecule has 25 heavy (non-hydrogen) atoms. The van der Waals surface area contributed by atoms with Crippen molar-refractivity contribution in [2.24, 2.45) is 0 Å². The molecule has 1 amide bonds. The van der Waals surface area contributed by atoms with Crippen molar-refractivity contribution in [2.75, 3.05) is 18.1 Å². The molecule has 1 aliphatic rings. The first-order valence-corrected chi connectivity index (χ1v) is 8.95. The lowest BCUT2D eigenvalue weighted by Gasteiger charge is -2.22. The van der Waals surface area contributed by atoms with Gasteiger partial charge in [0.05, 0.1) is 11.3 Å². The highest BCUT2D eigenvalue weighted by molar-refractivity contribution is 8.00. The van der Waals surface area contributed by atoms with Gasteiger partial charge in [0, 0.05) is 16.7 Å². The highest BCUT2D eigenvalue weighted by atomic mass is 32.2. The quantitative estimate of drug-likeness (QED) is 0.852. The first-order chi connectivity index (χ1) is 12.0. The average molecular weight is 357 g/mol. The van der Waals surface area contributed by atoms with Crippen LogP contribution in [-0.2, 0) is 9.53 Å². The van der Waals surface area contributed by atoms with Gasteiger partial charge in [-0.1, -0.05) is 25.1 Å². The maximum absolute atomic E-state index is 12.6. The number of carbonyl (C=O) groups is 2. The fourth-order valence-corrected chi connectivity index (χ4v) is 3.78. The number of aromatic hydroxyl groups is 1. The van der Waals surface area contributed by atoms with Gasteiger partial charge < -0.3 is 14.7 Å². The van der Waals surface area contributed by atoms with E-state index in [0.717, 1.165) is 17.0 Å². The summed E-state index contributed by atoms with van der Waals surface area (Å²) in [7, 11) is 0. The number of fused-ring (bicyclic) bond motifs is 1. The molecule has 0 spiro atoms. The maximum atomic E-state index is 12.6. The van der Waals surface area contributed by atoms with Gasteiger partial charge in [-0.3, -0.25) is 4.79 Å². The second-order valence-corrected chi connectivity index (χ2v) is 7.34. The number of hydrogen-bond donors (Lipinski definition) is 1. The molecule has 0 unspecified atom stereocenters. The number of rotatable bonds is 3. The van der Waals surface area contributed by atoms with Gasteiger partial charge in [0.2, 0.25) is 0 Å². The molecule has 0 bridgehead atoms. The lowest BCUT2D eigenvalue weighted by Crippen LogP contribution is -2.35. The van der Waals surface area contributed by atoms with E-state index >= 15 is 0 Å². The second kappa shape index (κ2) is 7.61. The number of para-hydroxylation sites is 1. The molecule has 130 valence electrons. The van der Waals surface area contributed by atoms with Crippen molar-refractivity contribution in [3.8, 4) is 5.75 Å². The molecule has 0 aromatic heterocycles. The van der Waals surface area contributed by atoms with E-state index in [1.54, 1.807) is 22.7 Å². The number of esters is 1. The molecule has 1 N–H and O–H groups in total. The fraction of sp³-hybridized carbons (Fsp3) is 0.263. The van der Waals surface area contributed by atoms with Gasteiger partial charge in [-0.05, 0) is 36.8 Å². The molecule has 1 atom stereocenters. The Morgan fingerprint density at radius 1 is 1.24 bits per heavy atom. The Labute approximate surface area is 150 Å². The van der Waals surface area contributed by atoms with Gasteiger partial charge in [-0.2, -0.15) is 0 Å². The number of anilines is 1. The van der Waals surface area contributed by atoms with Gasteiger partial charge in [-0.15, -0.1) is 11.8 Å². The Balaban J connectivity index is 1.70. The van der Waals surface area contributed by atoms with Gasteiger partial charge in [0.25, 0.3) is 5.91 Å². The Morgan fingerprint density at radius 2 is 2.04 bits per heavy atom. The number of carbonyl (C=O) groups excluding carboxylic acids is 2. The van der Waals surface area contributed by atoms with Crippen LogP contribution < -0.4 is 4.90 Å². The smallest absolute Gasteiger partial charge is 0.338 e. The topological polar surface area (TPSA) is 66.8 Å². The summed E-state index contributed by atoms with van der Waals surface area (Å²) in [6.07, 6.45) is 0.867. The molecule has 0 fully saturated rings. The molecular formula is C19H19NO4S. The van der Waals surface area contributed by atoms with Gasteiger partial charge in [0.15, 0.2) is 6.61 Å². The van der Waals surface area contributed by atoms with Crippen molar-refractivity contribution in [2.45, 2.75) is 23.5 Å². The van der Waals surface area contributed by atoms with Crippen LogP contribution in [-0.4, -0.2) is 35.4 Å². The van der Waals surface area contributed by atoms with Crippen LogP contribution in [0.15, 0.2) is 53.4 Å². The van der Waals surface area contributed by atoms with Crippen LogP contribution in [0.4, 0.5) is 5.69 Å². The standard InChI is InChI=1S/C19H19NO4S/c1-13-9-10-20(16-7-2-3-8-17(16)25-13)18(22)12-24-19(23)14-5-4-6-15(21)11-14/h2-8,11,13,21H,9-10,12H2,1H3/t13-/m1/s1. The molecule has 1 aliphatic heterocycles. The van der Waals surface area contributed by atoms with Crippen molar-refractivity contribution in [1.29, 1.82) is 0 Å². The Hall–Kier alpha value is -2.47. The molecule has 1 heterocycles. The van der Waals surface area contributed by atoms with E-state index in [4.69, 9.17) is 4.74 Å². The number of nitrogens with zero attached hydrogens (tertiary/aromatic N) is 1. The van der Waals surface area contributed by atoms with E-state index in [2.05, 4.69) is 6.92 Å². The number of thioether (sulfide) groups is 1. The van der Waals surface area contributed by atoms with Crippen LogP contribution in [0, 0.1) is 0 Å². The van der Waals surface area contributed by atoms with Gasteiger partial charge >= 0.3 is 5.97 Å². The van der Waals surface area contributed by atoms with Crippen LogP contribution in [0.2, 0.25) is 0 Å². The summed E-state index contributed by atoms with van der Waals surface area (Å²) in [5, 5.41) is 9.83. The van der Waals surface area contributed by atoms with E-state index < -0.39 is 5.97 Å². The summed E-state index contributed by atoms with van der Waals surface area (Å²) in [4.78, 5) is 27.4. The Kier molecular flexibility index (Phi) is 5.28. The van der Waals surface area contributed by atoms with Crippen LogP contribution in [0.5, 0.6) is 5.75 Å². The van der Waals surface area contributed by atoms with E-state index in [1.807, 2.05) is 24.3 Å². The van der Waals surface area contributed by atoms with E-state index in [0.29, 0.717) is 11.8 Å². The molecule has 2 aromatic rings. The van der Waals surface area contributed by atoms with Gasteiger partial charge in [-0.25, -0.2) is 4.79 Å². The summed E-state index contributed by atoms with van der Waals surface area (Å²) in [5.74, 6) is -0.904. The summed E-state index contributed by atoms with van der Waals surface area (Å²) >= 11 is 1.75. The van der Waals surface area contributed by atoms with Crippen LogP contribution in [0.25, 0.3) is 0 Å². The molecule has 5 nitrogen and oxygen atoms in total. The van der Waals surface area contributed by atoms with Crippen LogP contribution in [0.1, 0.15) is 23.7 Å². The number of ether oxygens (including phenoxy) is 1. The average Bonchev–Trinajstić information content (AvgIpc) is 2.77. The van der Waals surface area contributed by atoms with Crippen LogP contribution >= 0.6 is 11.8 Å². The number of hydrogen-bond acceptors (Lipinski definition) is 5. The van der Waals surface area contributed by atoms with E-state index in [-0.39, 0.29) is 23.8 Å². The molecule has 0 radical (unpaired) electrons. The summed E-state index contributed by atoms with van der Waals surface area (Å²) < 4.78 is 5.13. The SMILES string of the molecule is C[C@@H]1CCN(C(=O)COC(=O)c2cccc(O)c2)c2ccccc2S1. The molecule has 3 rings (SSSR count). The first kappa shape index (κ1) is 17.4. The predicted octanol–water partition coefficient (Wildman–Crippen LogP) is 3.47. The normalized spacial score (nSPS) is 16.7. The minimum Gasteiger partial charge on any atom is -0.508 e. The van der Waals surface area contributed by atoms with Gasteiger partial charge in [0.1, 0.15) is 5.75 Å².